The van der Waals surface area contributed by atoms with Crippen molar-refractivity contribution < 1.29 is 14.6 Å². The van der Waals surface area contributed by atoms with E-state index < -0.39 is 0 Å². The van der Waals surface area contributed by atoms with Gasteiger partial charge in [0.15, 0.2) is 5.88 Å². The van der Waals surface area contributed by atoms with E-state index in [1.165, 1.54) is 0 Å². The molecule has 1 N–H and O–H groups in total. The fraction of sp³-hybridized carbons (Fsp3) is 0.333. The molecule has 6 nitrogen and oxygen atoms in total. The van der Waals surface area contributed by atoms with Crippen molar-refractivity contribution in [2.75, 3.05) is 24.5 Å². The smallest absolute Gasteiger partial charge is 0.338 e. The van der Waals surface area contributed by atoms with Crippen LogP contribution in [0.3, 0.4) is 0 Å². The van der Waals surface area contributed by atoms with Crippen molar-refractivity contribution in [2.45, 2.75) is 26.0 Å². The largest absolute Gasteiger partial charge is 0.495 e. The Morgan fingerprint density at radius 3 is 2.81 bits per heavy atom. The number of carbonyl (C=O) groups excluding carboxylic acids is 1. The monoisotopic (exact) mass is 367 g/mol. The molecule has 0 amide bonds. The van der Waals surface area contributed by atoms with Gasteiger partial charge in [0.25, 0.3) is 0 Å². The minimum atomic E-state index is -0.349. The quantitative estimate of drug-likeness (QED) is 0.598. The van der Waals surface area contributed by atoms with Crippen molar-refractivity contribution in [2.24, 2.45) is 0 Å². The van der Waals surface area contributed by atoms with Gasteiger partial charge in [-0.25, -0.2) is 9.78 Å². The molecule has 1 atom stereocenters. The number of benzene rings is 1. The summed E-state index contributed by atoms with van der Waals surface area (Å²) in [5.74, 6) is 0.571. The van der Waals surface area contributed by atoms with E-state index in [0.29, 0.717) is 12.1 Å². The molecule has 27 heavy (non-hydrogen) atoms. The SMILES string of the molecule is C=C(O)N(CC)[C@@H]1CCN(c2ncccc2COC(=O)c2ccccc2)C1. The normalized spacial score (nSPS) is 16.2. The van der Waals surface area contributed by atoms with Crippen molar-refractivity contribution in [3.8, 4) is 0 Å². The fourth-order valence-electron chi connectivity index (χ4n) is 3.47. The number of pyridine rings is 1. The molecular formula is C21H25N3O3. The molecule has 1 aliphatic rings. The van der Waals surface area contributed by atoms with Gasteiger partial charge in [-0.2, -0.15) is 0 Å². The molecule has 1 saturated heterocycles. The molecule has 0 aliphatic carbocycles. The minimum absolute atomic E-state index is 0.0994. The summed E-state index contributed by atoms with van der Waals surface area (Å²) in [5, 5.41) is 9.78. The van der Waals surface area contributed by atoms with Crippen molar-refractivity contribution in [3.63, 3.8) is 0 Å². The third-order valence-corrected chi connectivity index (χ3v) is 4.81. The van der Waals surface area contributed by atoms with Crippen molar-refractivity contribution >= 4 is 11.8 Å². The first kappa shape index (κ1) is 18.8. The number of rotatable bonds is 7. The van der Waals surface area contributed by atoms with Gasteiger partial charge in [0, 0.05) is 31.4 Å². The number of hydrogen-bond acceptors (Lipinski definition) is 6. The first-order valence-corrected chi connectivity index (χ1v) is 9.15. The van der Waals surface area contributed by atoms with Gasteiger partial charge in [-0.3, -0.25) is 0 Å². The number of carbonyl (C=O) groups is 1. The second-order valence-electron chi connectivity index (χ2n) is 6.52. The summed E-state index contributed by atoms with van der Waals surface area (Å²) >= 11 is 0. The van der Waals surface area contributed by atoms with E-state index in [9.17, 15) is 9.90 Å². The molecule has 2 heterocycles. The van der Waals surface area contributed by atoms with Crippen LogP contribution in [0.5, 0.6) is 0 Å². The molecule has 3 rings (SSSR count). The van der Waals surface area contributed by atoms with Crippen LogP contribution < -0.4 is 4.90 Å². The molecule has 1 aromatic heterocycles. The Kier molecular flexibility index (Phi) is 5.96. The highest BCUT2D eigenvalue weighted by Crippen LogP contribution is 2.26. The molecule has 2 aromatic rings. The summed E-state index contributed by atoms with van der Waals surface area (Å²) in [6.45, 7) is 8.09. The second-order valence-corrected chi connectivity index (χ2v) is 6.52. The molecule has 142 valence electrons. The molecule has 0 unspecified atom stereocenters. The molecule has 1 fully saturated rings. The van der Waals surface area contributed by atoms with Crippen LogP contribution >= 0.6 is 0 Å². The topological polar surface area (TPSA) is 65.9 Å². The van der Waals surface area contributed by atoms with Crippen LogP contribution in [0.1, 0.15) is 29.3 Å². The summed E-state index contributed by atoms with van der Waals surface area (Å²) in [7, 11) is 0. The Morgan fingerprint density at radius 1 is 1.33 bits per heavy atom. The third kappa shape index (κ3) is 4.39. The van der Waals surface area contributed by atoms with Gasteiger partial charge in [0.2, 0.25) is 0 Å². The average Bonchev–Trinajstić information content (AvgIpc) is 3.16. The van der Waals surface area contributed by atoms with Crippen LogP contribution in [0.25, 0.3) is 0 Å². The lowest BCUT2D eigenvalue weighted by molar-refractivity contribution is 0.0473. The molecule has 0 bridgehead atoms. The zero-order chi connectivity index (χ0) is 19.2. The lowest BCUT2D eigenvalue weighted by Crippen LogP contribution is -2.36. The number of aliphatic hydroxyl groups excluding tert-OH is 1. The van der Waals surface area contributed by atoms with Gasteiger partial charge in [0.05, 0.1) is 11.6 Å². The number of likely N-dealkylation sites (N-methyl/N-ethyl adjacent to an activating group) is 1. The molecule has 1 aliphatic heterocycles. The van der Waals surface area contributed by atoms with Gasteiger partial charge < -0.3 is 19.6 Å². The third-order valence-electron chi connectivity index (χ3n) is 4.81. The predicted molar refractivity (Wildman–Crippen MR) is 105 cm³/mol. The van der Waals surface area contributed by atoms with E-state index in [1.54, 1.807) is 18.3 Å². The molecular weight excluding hydrogens is 342 g/mol. The number of nitrogens with zero attached hydrogens (tertiary/aromatic N) is 3. The van der Waals surface area contributed by atoms with Gasteiger partial charge in [-0.15, -0.1) is 0 Å². The van der Waals surface area contributed by atoms with Gasteiger partial charge in [-0.05, 0) is 38.1 Å². The van der Waals surface area contributed by atoms with E-state index >= 15 is 0 Å². The summed E-state index contributed by atoms with van der Waals surface area (Å²) in [5.41, 5.74) is 1.40. The summed E-state index contributed by atoms with van der Waals surface area (Å²) in [6, 6.07) is 12.9. The van der Waals surface area contributed by atoms with Crippen LogP contribution in [0, 0.1) is 0 Å². The van der Waals surface area contributed by atoms with E-state index in [1.807, 2.05) is 42.2 Å². The van der Waals surface area contributed by atoms with Crippen LogP contribution in [0.15, 0.2) is 61.1 Å². The van der Waals surface area contributed by atoms with Crippen molar-refractivity contribution in [1.82, 2.24) is 9.88 Å². The van der Waals surface area contributed by atoms with Crippen molar-refractivity contribution in [1.29, 1.82) is 0 Å². The Morgan fingerprint density at radius 2 is 2.11 bits per heavy atom. The maximum Gasteiger partial charge on any atom is 0.338 e. The summed E-state index contributed by atoms with van der Waals surface area (Å²) in [4.78, 5) is 20.8. The minimum Gasteiger partial charge on any atom is -0.495 e. The summed E-state index contributed by atoms with van der Waals surface area (Å²) < 4.78 is 5.48. The zero-order valence-electron chi connectivity index (χ0n) is 15.5. The Hall–Kier alpha value is -3.02. The highest BCUT2D eigenvalue weighted by molar-refractivity contribution is 5.89. The van der Waals surface area contributed by atoms with Crippen LogP contribution in [0.4, 0.5) is 5.82 Å². The number of aliphatic hydroxyl groups is 1. The zero-order valence-corrected chi connectivity index (χ0v) is 15.5. The highest BCUT2D eigenvalue weighted by atomic mass is 16.5. The second kappa shape index (κ2) is 8.58. The number of anilines is 1. The molecule has 0 radical (unpaired) electrons. The van der Waals surface area contributed by atoms with Gasteiger partial charge in [-0.1, -0.05) is 24.3 Å². The number of ether oxygens (including phenoxy) is 1. The molecule has 0 saturated carbocycles. The lowest BCUT2D eigenvalue weighted by atomic mass is 10.2. The van der Waals surface area contributed by atoms with E-state index in [0.717, 1.165) is 30.9 Å². The Labute approximate surface area is 159 Å². The Bertz CT molecular complexity index is 794. The van der Waals surface area contributed by atoms with E-state index in [-0.39, 0.29) is 24.5 Å². The van der Waals surface area contributed by atoms with Gasteiger partial charge >= 0.3 is 5.97 Å². The first-order chi connectivity index (χ1) is 13.1. The van der Waals surface area contributed by atoms with Crippen LogP contribution in [0.2, 0.25) is 0 Å². The molecule has 1 aromatic carbocycles. The lowest BCUT2D eigenvalue weighted by Gasteiger charge is -2.28. The molecule has 6 heteroatoms. The highest BCUT2D eigenvalue weighted by Gasteiger charge is 2.29. The number of aromatic nitrogens is 1. The van der Waals surface area contributed by atoms with Gasteiger partial charge in [0.1, 0.15) is 12.4 Å². The predicted octanol–water partition coefficient (Wildman–Crippen LogP) is 3.37. The fourth-order valence-corrected chi connectivity index (χ4v) is 3.47. The standard InChI is InChI=1S/C21H25N3O3/c1-3-24(16(2)25)19-11-13-23(14-19)20-18(10-7-12-22-20)15-27-21(26)17-8-5-4-6-9-17/h4-10,12,19,25H,2-3,11,13-15H2,1H3/t19-/m1/s1. The maximum atomic E-state index is 12.2. The first-order valence-electron chi connectivity index (χ1n) is 9.15. The summed E-state index contributed by atoms with van der Waals surface area (Å²) in [6.07, 6.45) is 2.65. The van der Waals surface area contributed by atoms with Crippen LogP contribution in [-0.4, -0.2) is 46.6 Å². The van der Waals surface area contributed by atoms with Crippen LogP contribution in [-0.2, 0) is 11.3 Å². The average molecular weight is 367 g/mol. The molecule has 0 spiro atoms. The van der Waals surface area contributed by atoms with E-state index in [2.05, 4.69) is 16.5 Å². The van der Waals surface area contributed by atoms with E-state index in [4.69, 9.17) is 4.74 Å². The number of hydrogen-bond donors (Lipinski definition) is 1. The Balaban J connectivity index is 1.68. The maximum absolute atomic E-state index is 12.2. The van der Waals surface area contributed by atoms with Crippen molar-refractivity contribution in [3.05, 3.63) is 72.3 Å². The number of esters is 1.